The summed E-state index contributed by atoms with van der Waals surface area (Å²) in [5.41, 5.74) is 1.18. The Bertz CT molecular complexity index is 743. The van der Waals surface area contributed by atoms with Crippen LogP contribution in [0, 0.1) is 11.6 Å². The Labute approximate surface area is 137 Å². The Hall–Kier alpha value is -2.96. The third-order valence-electron chi connectivity index (χ3n) is 3.13. The largest absolute Gasteiger partial charge is 0.489 e. The van der Waals surface area contributed by atoms with Crippen LogP contribution in [0.1, 0.15) is 11.1 Å². The SMILES string of the molecule is CNC(=O)/C(=N\OC)c1ccccc1COc1cc(F)cc(F)c1. The van der Waals surface area contributed by atoms with Gasteiger partial charge >= 0.3 is 0 Å². The van der Waals surface area contributed by atoms with Gasteiger partial charge in [-0.15, -0.1) is 0 Å². The molecule has 1 amide bonds. The number of nitrogens with zero attached hydrogens (tertiary/aromatic N) is 1. The van der Waals surface area contributed by atoms with E-state index in [2.05, 4.69) is 10.5 Å². The molecule has 0 unspecified atom stereocenters. The van der Waals surface area contributed by atoms with Crippen LogP contribution in [0.3, 0.4) is 0 Å². The second-order valence-electron chi connectivity index (χ2n) is 4.75. The van der Waals surface area contributed by atoms with E-state index in [0.717, 1.165) is 18.2 Å². The van der Waals surface area contributed by atoms with E-state index in [-0.39, 0.29) is 18.1 Å². The maximum Gasteiger partial charge on any atom is 0.273 e. The monoisotopic (exact) mass is 334 g/mol. The minimum Gasteiger partial charge on any atom is -0.489 e. The minimum absolute atomic E-state index is 0.00120. The first-order valence-electron chi connectivity index (χ1n) is 7.05. The average molecular weight is 334 g/mol. The summed E-state index contributed by atoms with van der Waals surface area (Å²) in [5, 5.41) is 6.21. The van der Waals surface area contributed by atoms with Gasteiger partial charge in [0.15, 0.2) is 5.71 Å². The van der Waals surface area contributed by atoms with Gasteiger partial charge in [-0.25, -0.2) is 8.78 Å². The number of amides is 1. The van der Waals surface area contributed by atoms with E-state index in [1.54, 1.807) is 24.3 Å². The van der Waals surface area contributed by atoms with E-state index in [1.807, 2.05) is 0 Å². The summed E-state index contributed by atoms with van der Waals surface area (Å²) >= 11 is 0. The van der Waals surface area contributed by atoms with Crippen molar-refractivity contribution in [2.45, 2.75) is 6.61 Å². The number of likely N-dealkylation sites (N-methyl/N-ethyl adjacent to an activating group) is 1. The average Bonchev–Trinajstić information content (AvgIpc) is 2.57. The first-order valence-corrected chi connectivity index (χ1v) is 7.05. The highest BCUT2D eigenvalue weighted by Crippen LogP contribution is 2.19. The highest BCUT2D eigenvalue weighted by atomic mass is 19.1. The van der Waals surface area contributed by atoms with Crippen LogP contribution in [-0.2, 0) is 16.2 Å². The minimum atomic E-state index is -0.731. The van der Waals surface area contributed by atoms with E-state index < -0.39 is 17.5 Å². The van der Waals surface area contributed by atoms with Crippen molar-refractivity contribution in [1.29, 1.82) is 0 Å². The van der Waals surface area contributed by atoms with Crippen molar-refractivity contribution in [1.82, 2.24) is 5.32 Å². The molecule has 2 aromatic rings. The van der Waals surface area contributed by atoms with Gasteiger partial charge in [0.2, 0.25) is 0 Å². The molecule has 0 saturated carbocycles. The molecule has 0 radical (unpaired) electrons. The van der Waals surface area contributed by atoms with Crippen molar-refractivity contribution in [3.63, 3.8) is 0 Å². The van der Waals surface area contributed by atoms with Gasteiger partial charge in [-0.2, -0.15) is 0 Å². The number of ether oxygens (including phenoxy) is 1. The van der Waals surface area contributed by atoms with Crippen LogP contribution in [0.4, 0.5) is 8.78 Å². The zero-order valence-electron chi connectivity index (χ0n) is 13.2. The predicted octanol–water partition coefficient (Wildman–Crippen LogP) is 2.64. The highest BCUT2D eigenvalue weighted by molar-refractivity contribution is 6.45. The normalized spacial score (nSPS) is 11.1. The predicted molar refractivity (Wildman–Crippen MR) is 84.7 cm³/mol. The van der Waals surface area contributed by atoms with Gasteiger partial charge in [0.25, 0.3) is 5.91 Å². The number of hydrogen-bond acceptors (Lipinski definition) is 4. The summed E-state index contributed by atoms with van der Waals surface area (Å²) in [6, 6.07) is 9.80. The second kappa shape index (κ2) is 8.05. The first kappa shape index (κ1) is 17.4. The van der Waals surface area contributed by atoms with Crippen LogP contribution in [0.15, 0.2) is 47.6 Å². The van der Waals surface area contributed by atoms with E-state index in [4.69, 9.17) is 9.57 Å². The van der Waals surface area contributed by atoms with Crippen LogP contribution in [0.25, 0.3) is 0 Å². The fourth-order valence-electron chi connectivity index (χ4n) is 2.07. The molecule has 0 fully saturated rings. The standard InChI is InChI=1S/C17H16F2N2O3/c1-20-17(22)16(21-23-2)15-6-4-3-5-11(15)10-24-14-8-12(18)7-13(19)9-14/h3-9H,10H2,1-2H3,(H,20,22)/b21-16-. The number of carbonyl (C=O) groups is 1. The van der Waals surface area contributed by atoms with Gasteiger partial charge in [0.1, 0.15) is 31.1 Å². The van der Waals surface area contributed by atoms with Gasteiger partial charge in [-0.1, -0.05) is 29.4 Å². The maximum absolute atomic E-state index is 13.2. The van der Waals surface area contributed by atoms with Gasteiger partial charge < -0.3 is 14.9 Å². The van der Waals surface area contributed by atoms with Crippen LogP contribution in [0.5, 0.6) is 5.75 Å². The number of benzene rings is 2. The lowest BCUT2D eigenvalue weighted by Crippen LogP contribution is -2.29. The van der Waals surface area contributed by atoms with Crippen molar-refractivity contribution in [2.24, 2.45) is 5.16 Å². The molecule has 0 atom stereocenters. The third kappa shape index (κ3) is 4.28. The molecule has 0 bridgehead atoms. The molecule has 0 aliphatic heterocycles. The Morgan fingerprint density at radius 1 is 1.17 bits per heavy atom. The van der Waals surface area contributed by atoms with Gasteiger partial charge in [0, 0.05) is 30.8 Å². The number of rotatable bonds is 6. The number of hydrogen-bond donors (Lipinski definition) is 1. The maximum atomic E-state index is 13.2. The van der Waals surface area contributed by atoms with E-state index in [0.29, 0.717) is 11.1 Å². The third-order valence-corrected chi connectivity index (χ3v) is 3.13. The Balaban J connectivity index is 2.28. The summed E-state index contributed by atoms with van der Waals surface area (Å²) in [6.45, 7) is -0.00120. The first-order chi connectivity index (χ1) is 11.5. The molecular weight excluding hydrogens is 318 g/mol. The fourth-order valence-corrected chi connectivity index (χ4v) is 2.07. The number of carbonyl (C=O) groups excluding carboxylic acids is 1. The van der Waals surface area contributed by atoms with Crippen molar-refractivity contribution in [3.05, 3.63) is 65.2 Å². The summed E-state index contributed by atoms with van der Waals surface area (Å²) in [5.74, 6) is -1.84. The molecular formula is C17H16F2N2O3. The van der Waals surface area contributed by atoms with Crippen LogP contribution in [0.2, 0.25) is 0 Å². The topological polar surface area (TPSA) is 59.9 Å². The van der Waals surface area contributed by atoms with Gasteiger partial charge in [-0.05, 0) is 5.56 Å². The lowest BCUT2D eigenvalue weighted by Gasteiger charge is -2.12. The van der Waals surface area contributed by atoms with Gasteiger partial charge in [0.05, 0.1) is 0 Å². The molecule has 2 rings (SSSR count). The molecule has 5 nitrogen and oxygen atoms in total. The lowest BCUT2D eigenvalue weighted by molar-refractivity contribution is -0.114. The summed E-state index contributed by atoms with van der Waals surface area (Å²) in [4.78, 5) is 16.7. The molecule has 2 aromatic carbocycles. The van der Waals surface area contributed by atoms with Crippen molar-refractivity contribution < 1.29 is 23.1 Å². The molecule has 126 valence electrons. The smallest absolute Gasteiger partial charge is 0.273 e. The highest BCUT2D eigenvalue weighted by Gasteiger charge is 2.17. The number of halogens is 2. The molecule has 0 saturated heterocycles. The second-order valence-corrected chi connectivity index (χ2v) is 4.75. The van der Waals surface area contributed by atoms with Crippen LogP contribution >= 0.6 is 0 Å². The van der Waals surface area contributed by atoms with Gasteiger partial charge in [-0.3, -0.25) is 4.79 Å². The molecule has 0 aliphatic rings. The number of nitrogens with one attached hydrogen (secondary N) is 1. The summed E-state index contributed by atoms with van der Waals surface area (Å²) in [6.07, 6.45) is 0. The van der Waals surface area contributed by atoms with Crippen molar-refractivity contribution in [2.75, 3.05) is 14.2 Å². The summed E-state index contributed by atoms with van der Waals surface area (Å²) in [7, 11) is 2.81. The van der Waals surface area contributed by atoms with E-state index in [9.17, 15) is 13.6 Å². The Kier molecular flexibility index (Phi) is 5.83. The zero-order chi connectivity index (χ0) is 17.5. The Morgan fingerprint density at radius 3 is 2.46 bits per heavy atom. The van der Waals surface area contributed by atoms with Crippen molar-refractivity contribution in [3.8, 4) is 5.75 Å². The van der Waals surface area contributed by atoms with Crippen LogP contribution in [-0.4, -0.2) is 25.8 Å². The summed E-state index contributed by atoms with van der Waals surface area (Å²) < 4.78 is 31.8. The van der Waals surface area contributed by atoms with E-state index in [1.165, 1.54) is 14.2 Å². The number of oxime groups is 1. The fraction of sp³-hybridized carbons (Fsp3) is 0.176. The molecule has 0 aliphatic carbocycles. The van der Waals surface area contributed by atoms with Crippen LogP contribution < -0.4 is 10.1 Å². The Morgan fingerprint density at radius 2 is 1.83 bits per heavy atom. The quantitative estimate of drug-likeness (QED) is 0.653. The molecule has 1 N–H and O–H groups in total. The molecule has 24 heavy (non-hydrogen) atoms. The van der Waals surface area contributed by atoms with Crippen molar-refractivity contribution >= 4 is 11.6 Å². The lowest BCUT2D eigenvalue weighted by atomic mass is 10.0. The molecule has 0 heterocycles. The van der Waals surface area contributed by atoms with E-state index >= 15 is 0 Å². The molecule has 0 spiro atoms. The zero-order valence-corrected chi connectivity index (χ0v) is 13.2. The molecule has 7 heteroatoms. The molecule has 0 aromatic heterocycles.